The molecular formula is C30H36ClN3O5S. The Morgan fingerprint density at radius 1 is 0.925 bits per heavy atom. The van der Waals surface area contributed by atoms with Gasteiger partial charge in [0.25, 0.3) is 10.0 Å². The summed E-state index contributed by atoms with van der Waals surface area (Å²) in [5.41, 5.74) is 1.10. The zero-order valence-corrected chi connectivity index (χ0v) is 24.8. The zero-order valence-electron chi connectivity index (χ0n) is 23.2. The second-order valence-corrected chi connectivity index (χ2v) is 11.7. The number of ether oxygens (including phenoxy) is 1. The van der Waals surface area contributed by atoms with E-state index >= 15 is 0 Å². The smallest absolute Gasteiger partial charge is 0.264 e. The molecule has 0 aromatic heterocycles. The summed E-state index contributed by atoms with van der Waals surface area (Å²) in [5, 5.41) is 3.36. The number of methoxy groups -OCH3 is 1. The van der Waals surface area contributed by atoms with Crippen LogP contribution in [0.15, 0.2) is 83.8 Å². The molecule has 3 rings (SSSR count). The van der Waals surface area contributed by atoms with Crippen LogP contribution in [-0.2, 0) is 26.2 Å². The van der Waals surface area contributed by atoms with Crippen molar-refractivity contribution in [2.75, 3.05) is 18.0 Å². The van der Waals surface area contributed by atoms with Crippen molar-refractivity contribution >= 4 is 39.1 Å². The lowest BCUT2D eigenvalue weighted by molar-refractivity contribution is -0.140. The van der Waals surface area contributed by atoms with E-state index in [0.717, 1.165) is 16.3 Å². The summed E-state index contributed by atoms with van der Waals surface area (Å²) in [6, 6.07) is 20.5. The summed E-state index contributed by atoms with van der Waals surface area (Å²) in [6.45, 7) is 5.30. The van der Waals surface area contributed by atoms with Gasteiger partial charge in [-0.25, -0.2) is 8.42 Å². The fourth-order valence-corrected chi connectivity index (χ4v) is 5.69. The highest BCUT2D eigenvalue weighted by atomic mass is 35.5. The Kier molecular flexibility index (Phi) is 11.0. The molecule has 1 N–H and O–H groups in total. The Labute approximate surface area is 241 Å². The molecule has 0 saturated heterocycles. The van der Waals surface area contributed by atoms with E-state index in [0.29, 0.717) is 22.9 Å². The monoisotopic (exact) mass is 585 g/mol. The molecule has 0 radical (unpaired) electrons. The Balaban J connectivity index is 2.02. The second kappa shape index (κ2) is 14.2. The van der Waals surface area contributed by atoms with Gasteiger partial charge >= 0.3 is 0 Å². The van der Waals surface area contributed by atoms with E-state index in [-0.39, 0.29) is 23.4 Å². The van der Waals surface area contributed by atoms with Crippen molar-refractivity contribution in [1.29, 1.82) is 0 Å². The molecule has 0 fully saturated rings. The van der Waals surface area contributed by atoms with E-state index in [9.17, 15) is 18.0 Å². The number of hydrogen-bond acceptors (Lipinski definition) is 5. The highest BCUT2D eigenvalue weighted by molar-refractivity contribution is 7.92. The predicted octanol–water partition coefficient (Wildman–Crippen LogP) is 5.27. The van der Waals surface area contributed by atoms with Crippen LogP contribution in [0.2, 0.25) is 5.02 Å². The second-order valence-electron chi connectivity index (χ2n) is 9.41. The van der Waals surface area contributed by atoms with Gasteiger partial charge in [-0.15, -0.1) is 0 Å². The summed E-state index contributed by atoms with van der Waals surface area (Å²) in [5.74, 6) is -0.138. The lowest BCUT2D eigenvalue weighted by Crippen LogP contribution is -2.53. The summed E-state index contributed by atoms with van der Waals surface area (Å²) in [4.78, 5) is 28.8. The van der Waals surface area contributed by atoms with E-state index in [1.165, 1.54) is 29.2 Å². The Hall–Kier alpha value is -3.56. The molecule has 3 aromatic rings. The van der Waals surface area contributed by atoms with E-state index in [4.69, 9.17) is 16.3 Å². The molecule has 0 spiro atoms. The largest absolute Gasteiger partial charge is 0.497 e. The highest BCUT2D eigenvalue weighted by Gasteiger charge is 2.34. The molecule has 2 atom stereocenters. The molecule has 0 heterocycles. The number of carbonyl (C=O) groups excluding carboxylic acids is 2. The molecule has 40 heavy (non-hydrogen) atoms. The number of anilines is 1. The third-order valence-electron chi connectivity index (χ3n) is 6.62. The van der Waals surface area contributed by atoms with Gasteiger partial charge in [0.1, 0.15) is 18.3 Å². The van der Waals surface area contributed by atoms with Crippen LogP contribution < -0.4 is 14.4 Å². The third-order valence-corrected chi connectivity index (χ3v) is 8.66. The van der Waals surface area contributed by atoms with Gasteiger partial charge in [0.15, 0.2) is 0 Å². The number of benzene rings is 3. The van der Waals surface area contributed by atoms with Crippen LogP contribution in [0.3, 0.4) is 0 Å². The minimum absolute atomic E-state index is 0.00295. The molecule has 0 aliphatic rings. The average molecular weight is 586 g/mol. The van der Waals surface area contributed by atoms with Gasteiger partial charge in [-0.1, -0.05) is 55.8 Å². The molecule has 2 amide bonds. The molecule has 214 valence electrons. The molecule has 0 bridgehead atoms. The van der Waals surface area contributed by atoms with E-state index < -0.39 is 28.5 Å². The van der Waals surface area contributed by atoms with Gasteiger partial charge in [0.2, 0.25) is 11.8 Å². The lowest BCUT2D eigenvalue weighted by atomic mass is 10.1. The maximum atomic E-state index is 14.0. The molecule has 0 aliphatic carbocycles. The zero-order chi connectivity index (χ0) is 29.3. The van der Waals surface area contributed by atoms with Crippen molar-refractivity contribution in [1.82, 2.24) is 10.2 Å². The first-order chi connectivity index (χ1) is 19.1. The molecule has 0 unspecified atom stereocenters. The normalized spacial score (nSPS) is 12.7. The molecule has 8 nitrogen and oxygen atoms in total. The van der Waals surface area contributed by atoms with Crippen LogP contribution in [0.5, 0.6) is 5.75 Å². The number of carbonyl (C=O) groups is 2. The van der Waals surface area contributed by atoms with Crippen molar-refractivity contribution < 1.29 is 22.7 Å². The minimum atomic E-state index is -4.15. The Morgan fingerprint density at radius 3 is 2.10 bits per heavy atom. The first kappa shape index (κ1) is 31.0. The molecule has 10 heteroatoms. The number of nitrogens with one attached hydrogen (secondary N) is 1. The van der Waals surface area contributed by atoms with Crippen LogP contribution in [0.1, 0.15) is 39.2 Å². The molecule has 0 aliphatic heterocycles. The number of nitrogens with zero attached hydrogens (tertiary/aromatic N) is 2. The van der Waals surface area contributed by atoms with Crippen LogP contribution in [0.25, 0.3) is 0 Å². The molecular weight excluding hydrogens is 550 g/mol. The van der Waals surface area contributed by atoms with Crippen molar-refractivity contribution in [3.63, 3.8) is 0 Å². The summed E-state index contributed by atoms with van der Waals surface area (Å²) in [7, 11) is -2.58. The van der Waals surface area contributed by atoms with Crippen molar-refractivity contribution in [2.24, 2.45) is 0 Å². The predicted molar refractivity (Wildman–Crippen MR) is 158 cm³/mol. The average Bonchev–Trinajstić information content (AvgIpc) is 2.96. The van der Waals surface area contributed by atoms with Crippen molar-refractivity contribution in [3.05, 3.63) is 89.4 Å². The number of para-hydroxylation sites is 1. The Bertz CT molecular complexity index is 1370. The fourth-order valence-electron chi connectivity index (χ4n) is 4.15. The van der Waals surface area contributed by atoms with Crippen LogP contribution >= 0.6 is 11.6 Å². The van der Waals surface area contributed by atoms with Crippen LogP contribution in [0.4, 0.5) is 5.69 Å². The number of sulfonamides is 1. The van der Waals surface area contributed by atoms with E-state index in [2.05, 4.69) is 5.32 Å². The number of halogens is 1. The maximum Gasteiger partial charge on any atom is 0.264 e. The van der Waals surface area contributed by atoms with Gasteiger partial charge in [-0.05, 0) is 73.9 Å². The standard InChI is InChI=1S/C30H36ClN3O5S/c1-5-22(3)32-30(36)28(6-2)33(20-23-12-16-26(39-4)17-13-23)29(35)21-34(25-10-8-7-9-11-25)40(37,38)27-18-14-24(31)15-19-27/h7-19,22,28H,5-6,20-21H2,1-4H3,(H,32,36)/t22-,28+/m1/s1. The number of hydrogen-bond donors (Lipinski definition) is 1. The fraction of sp³-hybridized carbons (Fsp3) is 0.333. The van der Waals surface area contributed by atoms with Gasteiger partial charge < -0.3 is 15.0 Å². The lowest BCUT2D eigenvalue weighted by Gasteiger charge is -2.33. The quantitative estimate of drug-likeness (QED) is 0.295. The van der Waals surface area contributed by atoms with Crippen LogP contribution in [-0.4, -0.2) is 50.9 Å². The van der Waals surface area contributed by atoms with Gasteiger partial charge in [0, 0.05) is 17.6 Å². The first-order valence-electron chi connectivity index (χ1n) is 13.2. The van der Waals surface area contributed by atoms with Crippen LogP contribution in [0, 0.1) is 0 Å². The first-order valence-corrected chi connectivity index (χ1v) is 15.0. The number of rotatable bonds is 13. The van der Waals surface area contributed by atoms with Gasteiger partial charge in [-0.2, -0.15) is 0 Å². The summed E-state index contributed by atoms with van der Waals surface area (Å²) in [6.07, 6.45) is 1.08. The number of amides is 2. The SMILES string of the molecule is CC[C@@H](C)NC(=O)[C@H](CC)N(Cc1ccc(OC)cc1)C(=O)CN(c1ccccc1)S(=O)(=O)c1ccc(Cl)cc1. The van der Waals surface area contributed by atoms with Crippen molar-refractivity contribution in [3.8, 4) is 5.75 Å². The van der Waals surface area contributed by atoms with E-state index in [1.54, 1.807) is 49.6 Å². The third kappa shape index (κ3) is 7.76. The molecule has 0 saturated carbocycles. The highest BCUT2D eigenvalue weighted by Crippen LogP contribution is 2.26. The van der Waals surface area contributed by atoms with E-state index in [1.807, 2.05) is 32.9 Å². The summed E-state index contributed by atoms with van der Waals surface area (Å²) < 4.78 is 33.9. The topological polar surface area (TPSA) is 96.0 Å². The van der Waals surface area contributed by atoms with Crippen molar-refractivity contribution in [2.45, 2.75) is 57.1 Å². The Morgan fingerprint density at radius 2 is 1.55 bits per heavy atom. The van der Waals surface area contributed by atoms with Gasteiger partial charge in [0.05, 0.1) is 17.7 Å². The summed E-state index contributed by atoms with van der Waals surface area (Å²) >= 11 is 5.99. The molecule has 3 aromatic carbocycles. The minimum Gasteiger partial charge on any atom is -0.497 e. The maximum absolute atomic E-state index is 14.0. The van der Waals surface area contributed by atoms with Gasteiger partial charge in [-0.3, -0.25) is 13.9 Å².